The van der Waals surface area contributed by atoms with Crippen molar-refractivity contribution in [3.63, 3.8) is 0 Å². The predicted octanol–water partition coefficient (Wildman–Crippen LogP) is 0.503. The SMILES string of the molecule is CC(C)(C)C1CC(=O)N(CCOC(N)=O)C1=O. The van der Waals surface area contributed by atoms with E-state index in [-0.39, 0.29) is 42.7 Å². The minimum Gasteiger partial charge on any atom is -0.448 e. The van der Waals surface area contributed by atoms with Crippen LogP contribution in [-0.4, -0.2) is 36.0 Å². The summed E-state index contributed by atoms with van der Waals surface area (Å²) in [6.07, 6.45) is -0.685. The lowest BCUT2D eigenvalue weighted by Gasteiger charge is -2.24. The normalized spacial score (nSPS) is 20.9. The molecule has 1 heterocycles. The minimum atomic E-state index is -0.906. The number of likely N-dealkylation sites (tertiary alicyclic amines) is 1. The van der Waals surface area contributed by atoms with Crippen molar-refractivity contribution in [3.05, 3.63) is 0 Å². The van der Waals surface area contributed by atoms with Crippen molar-refractivity contribution in [2.75, 3.05) is 13.2 Å². The molecule has 6 nitrogen and oxygen atoms in total. The van der Waals surface area contributed by atoms with Crippen molar-refractivity contribution < 1.29 is 19.1 Å². The zero-order chi connectivity index (χ0) is 13.2. The maximum absolute atomic E-state index is 12.0. The van der Waals surface area contributed by atoms with Crippen LogP contribution in [0.2, 0.25) is 0 Å². The molecule has 1 saturated heterocycles. The van der Waals surface area contributed by atoms with E-state index >= 15 is 0 Å². The molecule has 3 amide bonds. The van der Waals surface area contributed by atoms with Crippen LogP contribution in [0.25, 0.3) is 0 Å². The maximum atomic E-state index is 12.0. The molecule has 0 saturated carbocycles. The minimum absolute atomic E-state index is 0.0519. The van der Waals surface area contributed by atoms with E-state index in [1.165, 1.54) is 0 Å². The van der Waals surface area contributed by atoms with E-state index in [9.17, 15) is 14.4 Å². The van der Waals surface area contributed by atoms with Crippen LogP contribution >= 0.6 is 0 Å². The van der Waals surface area contributed by atoms with Crippen LogP contribution in [0.4, 0.5) is 4.79 Å². The van der Waals surface area contributed by atoms with Crippen LogP contribution in [0.1, 0.15) is 27.2 Å². The van der Waals surface area contributed by atoms with Gasteiger partial charge in [-0.1, -0.05) is 20.8 Å². The zero-order valence-corrected chi connectivity index (χ0v) is 10.4. The lowest BCUT2D eigenvalue weighted by molar-refractivity contribution is -0.140. The number of imide groups is 1. The van der Waals surface area contributed by atoms with E-state index in [0.717, 1.165) is 4.90 Å². The number of hydrogen-bond acceptors (Lipinski definition) is 4. The quantitative estimate of drug-likeness (QED) is 0.730. The van der Waals surface area contributed by atoms with Crippen LogP contribution in [-0.2, 0) is 14.3 Å². The number of carbonyl (C=O) groups is 3. The molecule has 0 aromatic heterocycles. The molecule has 6 heteroatoms. The monoisotopic (exact) mass is 242 g/mol. The molecule has 0 aliphatic carbocycles. The first-order chi connectivity index (χ1) is 7.73. The fourth-order valence-corrected chi connectivity index (χ4v) is 1.83. The molecule has 1 unspecified atom stereocenters. The highest BCUT2D eigenvalue weighted by molar-refractivity contribution is 6.03. The van der Waals surface area contributed by atoms with Gasteiger partial charge in [-0.25, -0.2) is 4.79 Å². The Balaban J connectivity index is 2.60. The molecule has 1 aliphatic rings. The van der Waals surface area contributed by atoms with Gasteiger partial charge in [-0.3, -0.25) is 14.5 Å². The Bertz CT molecular complexity index is 346. The van der Waals surface area contributed by atoms with Gasteiger partial charge in [-0.15, -0.1) is 0 Å². The van der Waals surface area contributed by atoms with Gasteiger partial charge in [0, 0.05) is 6.42 Å². The summed E-state index contributed by atoms with van der Waals surface area (Å²) in [7, 11) is 0. The summed E-state index contributed by atoms with van der Waals surface area (Å²) in [6, 6.07) is 0. The van der Waals surface area contributed by atoms with Gasteiger partial charge in [-0.2, -0.15) is 0 Å². The summed E-state index contributed by atoms with van der Waals surface area (Å²) in [5, 5.41) is 0. The average molecular weight is 242 g/mol. The van der Waals surface area contributed by atoms with Crippen LogP contribution in [0.15, 0.2) is 0 Å². The van der Waals surface area contributed by atoms with Gasteiger partial charge in [0.15, 0.2) is 0 Å². The summed E-state index contributed by atoms with van der Waals surface area (Å²) < 4.78 is 4.51. The Morgan fingerprint density at radius 3 is 2.47 bits per heavy atom. The van der Waals surface area contributed by atoms with E-state index in [4.69, 9.17) is 5.73 Å². The number of carbonyl (C=O) groups excluding carboxylic acids is 3. The number of nitrogens with two attached hydrogens (primary N) is 1. The lowest BCUT2D eigenvalue weighted by Crippen LogP contribution is -2.36. The lowest BCUT2D eigenvalue weighted by atomic mass is 9.80. The summed E-state index contributed by atoms with van der Waals surface area (Å²) in [5.74, 6) is -0.720. The third-order valence-corrected chi connectivity index (χ3v) is 2.85. The topological polar surface area (TPSA) is 89.7 Å². The van der Waals surface area contributed by atoms with Crippen LogP contribution in [0, 0.1) is 11.3 Å². The van der Waals surface area contributed by atoms with Crippen molar-refractivity contribution in [2.24, 2.45) is 17.1 Å². The highest BCUT2D eigenvalue weighted by Gasteiger charge is 2.44. The molecule has 1 atom stereocenters. The molecule has 0 bridgehead atoms. The second-order valence-corrected chi connectivity index (χ2v) is 5.17. The Morgan fingerprint density at radius 2 is 2.06 bits per heavy atom. The fraction of sp³-hybridized carbons (Fsp3) is 0.727. The van der Waals surface area contributed by atoms with Gasteiger partial charge >= 0.3 is 6.09 Å². The summed E-state index contributed by atoms with van der Waals surface area (Å²) in [4.78, 5) is 35.1. The largest absolute Gasteiger partial charge is 0.448 e. The molecule has 0 radical (unpaired) electrons. The van der Waals surface area contributed by atoms with Crippen LogP contribution in [0.5, 0.6) is 0 Å². The van der Waals surface area contributed by atoms with Crippen molar-refractivity contribution >= 4 is 17.9 Å². The second kappa shape index (κ2) is 4.73. The van der Waals surface area contributed by atoms with Gasteiger partial charge in [0.1, 0.15) is 6.61 Å². The first-order valence-electron chi connectivity index (χ1n) is 5.50. The summed E-state index contributed by atoms with van der Waals surface area (Å²) in [6.45, 7) is 5.79. The third-order valence-electron chi connectivity index (χ3n) is 2.85. The zero-order valence-electron chi connectivity index (χ0n) is 10.4. The van der Waals surface area contributed by atoms with Gasteiger partial charge in [-0.05, 0) is 5.41 Å². The van der Waals surface area contributed by atoms with Crippen molar-refractivity contribution in [1.82, 2.24) is 4.90 Å². The number of primary amides is 1. The van der Waals surface area contributed by atoms with Gasteiger partial charge in [0.25, 0.3) is 0 Å². The summed E-state index contributed by atoms with van der Waals surface area (Å²) >= 11 is 0. The second-order valence-electron chi connectivity index (χ2n) is 5.17. The Kier molecular flexibility index (Phi) is 3.75. The number of rotatable bonds is 3. The molecule has 96 valence electrons. The number of amides is 3. The van der Waals surface area contributed by atoms with Crippen molar-refractivity contribution in [3.8, 4) is 0 Å². The molecule has 1 fully saturated rings. The molecule has 0 spiro atoms. The molecule has 0 aromatic carbocycles. The first kappa shape index (κ1) is 13.5. The Labute approximate surface area is 100 Å². The van der Waals surface area contributed by atoms with Crippen LogP contribution < -0.4 is 5.73 Å². The fourth-order valence-electron chi connectivity index (χ4n) is 1.83. The maximum Gasteiger partial charge on any atom is 0.404 e. The van der Waals surface area contributed by atoms with E-state index in [2.05, 4.69) is 4.74 Å². The molecular formula is C11H18N2O4. The van der Waals surface area contributed by atoms with Crippen LogP contribution in [0.3, 0.4) is 0 Å². The molecule has 17 heavy (non-hydrogen) atoms. The number of hydrogen-bond donors (Lipinski definition) is 1. The van der Waals surface area contributed by atoms with Gasteiger partial charge in [0.2, 0.25) is 11.8 Å². The Morgan fingerprint density at radius 1 is 1.47 bits per heavy atom. The highest BCUT2D eigenvalue weighted by atomic mass is 16.5. The average Bonchev–Trinajstić information content (AvgIpc) is 2.43. The van der Waals surface area contributed by atoms with Crippen molar-refractivity contribution in [1.29, 1.82) is 0 Å². The van der Waals surface area contributed by atoms with E-state index in [1.807, 2.05) is 20.8 Å². The predicted molar refractivity (Wildman–Crippen MR) is 59.8 cm³/mol. The number of ether oxygens (including phenoxy) is 1. The molecule has 1 aliphatic heterocycles. The standard InChI is InChI=1S/C11H18N2O4/c1-11(2,3)7-6-8(14)13(9(7)15)4-5-17-10(12)16/h7H,4-6H2,1-3H3,(H2,12,16). The highest BCUT2D eigenvalue weighted by Crippen LogP contribution is 2.35. The molecular weight excluding hydrogens is 224 g/mol. The molecule has 2 N–H and O–H groups in total. The van der Waals surface area contributed by atoms with Gasteiger partial charge < -0.3 is 10.5 Å². The van der Waals surface area contributed by atoms with E-state index in [1.54, 1.807) is 0 Å². The van der Waals surface area contributed by atoms with Crippen molar-refractivity contribution in [2.45, 2.75) is 27.2 Å². The molecule has 0 aromatic rings. The third kappa shape index (κ3) is 3.18. The molecule has 1 rings (SSSR count). The van der Waals surface area contributed by atoms with E-state index < -0.39 is 6.09 Å². The van der Waals surface area contributed by atoms with Gasteiger partial charge in [0.05, 0.1) is 12.5 Å². The summed E-state index contributed by atoms with van der Waals surface area (Å²) in [5.41, 5.74) is 4.55. The van der Waals surface area contributed by atoms with E-state index in [0.29, 0.717) is 0 Å². The number of nitrogens with zero attached hydrogens (tertiary/aromatic N) is 1. The Hall–Kier alpha value is -1.59. The first-order valence-corrected chi connectivity index (χ1v) is 5.50. The smallest absolute Gasteiger partial charge is 0.404 e.